The van der Waals surface area contributed by atoms with Gasteiger partial charge in [0.25, 0.3) is 5.91 Å². The quantitative estimate of drug-likeness (QED) is 0.208. The molecular weight excluding hydrogens is 581 g/mol. The molecule has 2 amide bonds. The SMILES string of the molecule is CC(=O)NC[C@H]1CN(c2ccc(Nc3cc(-c4ccc5cc(C#N)cnn45)ncc3C(=O)NC[C@@H](F)C(C)(C)O)cn2)CCO1. The second-order valence-electron chi connectivity index (χ2n) is 11.3. The smallest absolute Gasteiger partial charge is 0.255 e. The van der Waals surface area contributed by atoms with Crippen LogP contribution in [0.3, 0.4) is 0 Å². The van der Waals surface area contributed by atoms with Crippen molar-refractivity contribution in [2.24, 2.45) is 0 Å². The van der Waals surface area contributed by atoms with Gasteiger partial charge < -0.3 is 30.7 Å². The minimum absolute atomic E-state index is 0.118. The fourth-order valence-corrected chi connectivity index (χ4v) is 4.77. The molecule has 0 aliphatic carbocycles. The summed E-state index contributed by atoms with van der Waals surface area (Å²) >= 11 is 0. The fraction of sp³-hybridized carbons (Fsp3) is 0.355. The van der Waals surface area contributed by atoms with Crippen molar-refractivity contribution in [2.45, 2.75) is 38.6 Å². The average molecular weight is 616 g/mol. The summed E-state index contributed by atoms with van der Waals surface area (Å²) < 4.78 is 21.8. The number of carbonyl (C=O) groups is 2. The predicted octanol–water partition coefficient (Wildman–Crippen LogP) is 2.59. The van der Waals surface area contributed by atoms with Crippen LogP contribution in [0.25, 0.3) is 16.9 Å². The van der Waals surface area contributed by atoms with E-state index in [-0.39, 0.29) is 17.6 Å². The van der Waals surface area contributed by atoms with Gasteiger partial charge in [0.1, 0.15) is 18.1 Å². The number of carbonyl (C=O) groups excluding carboxylic acids is 2. The molecule has 4 N–H and O–H groups in total. The van der Waals surface area contributed by atoms with Crippen molar-refractivity contribution in [3.8, 4) is 17.5 Å². The number of nitrogens with zero attached hydrogens (tertiary/aromatic N) is 6. The van der Waals surface area contributed by atoms with E-state index in [1.807, 2.05) is 24.3 Å². The molecule has 1 aliphatic heterocycles. The molecule has 0 saturated carbocycles. The minimum Gasteiger partial charge on any atom is -0.387 e. The second kappa shape index (κ2) is 13.2. The monoisotopic (exact) mass is 615 g/mol. The highest BCUT2D eigenvalue weighted by molar-refractivity contribution is 6.00. The van der Waals surface area contributed by atoms with E-state index in [2.05, 4.69) is 42.0 Å². The maximum atomic E-state index is 14.4. The molecule has 1 saturated heterocycles. The number of nitriles is 1. The number of morpholine rings is 1. The van der Waals surface area contributed by atoms with E-state index >= 15 is 0 Å². The lowest BCUT2D eigenvalue weighted by atomic mass is 10.0. The molecular formula is C31H34FN9O4. The maximum Gasteiger partial charge on any atom is 0.255 e. The van der Waals surface area contributed by atoms with Crippen molar-refractivity contribution in [1.29, 1.82) is 5.26 Å². The number of rotatable bonds is 10. The van der Waals surface area contributed by atoms with Gasteiger partial charge in [-0.1, -0.05) is 0 Å². The van der Waals surface area contributed by atoms with Crippen molar-refractivity contribution in [1.82, 2.24) is 30.2 Å². The van der Waals surface area contributed by atoms with Gasteiger partial charge in [-0.3, -0.25) is 14.6 Å². The Morgan fingerprint density at radius 1 is 1.18 bits per heavy atom. The highest BCUT2D eigenvalue weighted by atomic mass is 19.1. The molecule has 1 fully saturated rings. The summed E-state index contributed by atoms with van der Waals surface area (Å²) in [6.07, 6.45) is 2.63. The molecule has 2 atom stereocenters. The van der Waals surface area contributed by atoms with Crippen LogP contribution in [0.1, 0.15) is 36.7 Å². The number of halogens is 1. The van der Waals surface area contributed by atoms with Gasteiger partial charge in [-0.2, -0.15) is 10.4 Å². The van der Waals surface area contributed by atoms with Gasteiger partial charge in [-0.25, -0.2) is 13.9 Å². The number of amides is 2. The van der Waals surface area contributed by atoms with Gasteiger partial charge in [0.05, 0.1) is 76.7 Å². The Balaban J connectivity index is 1.40. The Labute approximate surface area is 259 Å². The van der Waals surface area contributed by atoms with Gasteiger partial charge in [0, 0.05) is 32.8 Å². The Hall–Kier alpha value is -5.13. The largest absolute Gasteiger partial charge is 0.387 e. The lowest BCUT2D eigenvalue weighted by Crippen LogP contribution is -2.47. The van der Waals surface area contributed by atoms with E-state index in [4.69, 9.17) is 4.74 Å². The van der Waals surface area contributed by atoms with Crippen LogP contribution in [0.4, 0.5) is 21.6 Å². The summed E-state index contributed by atoms with van der Waals surface area (Å²) in [6, 6.07) is 12.8. The first-order valence-corrected chi connectivity index (χ1v) is 14.4. The lowest BCUT2D eigenvalue weighted by molar-refractivity contribution is -0.119. The molecule has 234 valence electrons. The van der Waals surface area contributed by atoms with E-state index in [0.717, 1.165) is 5.82 Å². The zero-order valence-electron chi connectivity index (χ0n) is 25.1. The molecule has 5 heterocycles. The number of pyridine rings is 2. The van der Waals surface area contributed by atoms with E-state index < -0.39 is 24.2 Å². The number of alkyl halides is 1. The summed E-state index contributed by atoms with van der Waals surface area (Å²) in [7, 11) is 0. The Kier molecular flexibility index (Phi) is 9.21. The third-order valence-corrected chi connectivity index (χ3v) is 7.32. The third-order valence-electron chi connectivity index (χ3n) is 7.32. The van der Waals surface area contributed by atoms with Crippen LogP contribution >= 0.6 is 0 Å². The molecule has 14 heteroatoms. The first-order chi connectivity index (χ1) is 21.5. The second-order valence-corrected chi connectivity index (χ2v) is 11.3. The van der Waals surface area contributed by atoms with Crippen LogP contribution in [-0.2, 0) is 9.53 Å². The summed E-state index contributed by atoms with van der Waals surface area (Å²) in [5, 5.41) is 32.1. The maximum absolute atomic E-state index is 14.4. The summed E-state index contributed by atoms with van der Waals surface area (Å²) in [5.74, 6) is 0.0318. The topological polar surface area (TPSA) is 170 Å². The van der Waals surface area contributed by atoms with Crippen molar-refractivity contribution in [3.05, 3.63) is 66.1 Å². The standard InChI is InChI=1S/C31H34FN9O4/c1-19(42)34-15-23-18-40(8-9-45-23)29-7-4-21(14-36-29)39-25-11-26(27-6-5-22-10-20(12-33)13-38-41(22)27)35-16-24(25)30(43)37-17-28(32)31(2,3)44/h4-7,10-11,13-14,16,23,28,44H,8-9,15,17-18H2,1-3H3,(H,34,42)(H,35,39)(H,37,43)/t23-,28+/m0/s1. The van der Waals surface area contributed by atoms with E-state index in [1.165, 1.54) is 33.2 Å². The fourth-order valence-electron chi connectivity index (χ4n) is 4.77. The van der Waals surface area contributed by atoms with Crippen LogP contribution in [0.5, 0.6) is 0 Å². The lowest BCUT2D eigenvalue weighted by Gasteiger charge is -2.33. The Bertz CT molecular complexity index is 1730. The zero-order valence-corrected chi connectivity index (χ0v) is 25.1. The van der Waals surface area contributed by atoms with Crippen LogP contribution in [0, 0.1) is 11.3 Å². The van der Waals surface area contributed by atoms with Gasteiger partial charge in [0.2, 0.25) is 5.91 Å². The average Bonchev–Trinajstić information content (AvgIpc) is 3.46. The number of hydrogen-bond acceptors (Lipinski definition) is 10. The highest BCUT2D eigenvalue weighted by Crippen LogP contribution is 2.28. The normalized spacial score (nSPS) is 15.7. The molecule has 4 aromatic heterocycles. The predicted molar refractivity (Wildman–Crippen MR) is 165 cm³/mol. The number of anilines is 3. The minimum atomic E-state index is -1.68. The molecule has 0 bridgehead atoms. The molecule has 5 rings (SSSR count). The van der Waals surface area contributed by atoms with Crippen molar-refractivity contribution < 1.29 is 23.8 Å². The molecule has 1 aliphatic rings. The molecule has 0 radical (unpaired) electrons. The third kappa shape index (κ3) is 7.51. The van der Waals surface area contributed by atoms with E-state index in [0.29, 0.717) is 60.1 Å². The van der Waals surface area contributed by atoms with Crippen molar-refractivity contribution in [3.63, 3.8) is 0 Å². The zero-order chi connectivity index (χ0) is 32.1. The molecule has 0 spiro atoms. The molecule has 45 heavy (non-hydrogen) atoms. The Morgan fingerprint density at radius 2 is 2.00 bits per heavy atom. The first kappa shape index (κ1) is 31.3. The number of ether oxygens (including phenoxy) is 1. The first-order valence-electron chi connectivity index (χ1n) is 14.4. The summed E-state index contributed by atoms with van der Waals surface area (Å²) in [4.78, 5) is 35.7. The van der Waals surface area contributed by atoms with E-state index in [1.54, 1.807) is 22.8 Å². The van der Waals surface area contributed by atoms with Crippen molar-refractivity contribution >= 4 is 34.5 Å². The number of aliphatic hydroxyl groups is 1. The number of nitrogens with one attached hydrogen (secondary N) is 3. The van der Waals surface area contributed by atoms with Crippen LogP contribution in [0.15, 0.2) is 55.0 Å². The van der Waals surface area contributed by atoms with Gasteiger partial charge in [-0.15, -0.1) is 0 Å². The van der Waals surface area contributed by atoms with Crippen molar-refractivity contribution in [2.75, 3.05) is 43.0 Å². The summed E-state index contributed by atoms with van der Waals surface area (Å²) in [6.45, 7) is 5.85. The number of fused-ring (bicyclic) bond motifs is 1. The van der Waals surface area contributed by atoms with Gasteiger partial charge in [-0.05, 0) is 50.2 Å². The molecule has 13 nitrogen and oxygen atoms in total. The molecule has 4 aromatic rings. The van der Waals surface area contributed by atoms with Crippen LogP contribution in [0.2, 0.25) is 0 Å². The molecule has 0 aromatic carbocycles. The van der Waals surface area contributed by atoms with E-state index in [9.17, 15) is 24.3 Å². The molecule has 0 unspecified atom stereocenters. The Morgan fingerprint density at radius 3 is 2.71 bits per heavy atom. The van der Waals surface area contributed by atoms with Crippen LogP contribution in [-0.4, -0.2) is 87.2 Å². The number of hydrogen-bond donors (Lipinski definition) is 4. The van der Waals surface area contributed by atoms with Gasteiger partial charge >= 0.3 is 0 Å². The number of aromatic nitrogens is 4. The summed E-state index contributed by atoms with van der Waals surface area (Å²) in [5.41, 5.74) is 1.75. The highest BCUT2D eigenvalue weighted by Gasteiger charge is 2.27. The van der Waals surface area contributed by atoms with Gasteiger partial charge in [0.15, 0.2) is 0 Å². The van der Waals surface area contributed by atoms with Crippen LogP contribution < -0.4 is 20.9 Å².